The lowest BCUT2D eigenvalue weighted by Gasteiger charge is -2.17. The Morgan fingerprint density at radius 3 is 3.30 bits per heavy atom. The lowest BCUT2D eigenvalue weighted by Crippen LogP contribution is -2.10. The Morgan fingerprint density at radius 1 is 1.60 bits per heavy atom. The van der Waals surface area contributed by atoms with Gasteiger partial charge in [0, 0.05) is 0 Å². The van der Waals surface area contributed by atoms with E-state index in [1.54, 1.807) is 0 Å². The van der Waals surface area contributed by atoms with Crippen molar-refractivity contribution in [1.82, 2.24) is 0 Å². The third-order valence-corrected chi connectivity index (χ3v) is 2.37. The van der Waals surface area contributed by atoms with E-state index in [-0.39, 0.29) is 0 Å². The Labute approximate surface area is 61.4 Å². The molecule has 1 unspecified atom stereocenters. The quantitative estimate of drug-likeness (QED) is 0.497. The minimum absolute atomic E-state index is 0.435. The standard InChI is InChI=1S/C9H12O/c1-7-5-6-10-9-4-2-3-8(7)9/h5-6,9H,2-4H2,1H3. The molecule has 0 spiro atoms. The van der Waals surface area contributed by atoms with E-state index in [2.05, 4.69) is 13.0 Å². The fourth-order valence-corrected chi connectivity index (χ4v) is 1.76. The van der Waals surface area contributed by atoms with Gasteiger partial charge in [-0.25, -0.2) is 0 Å². The molecule has 0 aromatic carbocycles. The van der Waals surface area contributed by atoms with Gasteiger partial charge in [0.1, 0.15) is 6.10 Å². The van der Waals surface area contributed by atoms with Gasteiger partial charge in [-0.3, -0.25) is 0 Å². The van der Waals surface area contributed by atoms with Gasteiger partial charge in [0.05, 0.1) is 6.26 Å². The lowest BCUT2D eigenvalue weighted by molar-refractivity contribution is 0.176. The van der Waals surface area contributed by atoms with Crippen LogP contribution in [0.25, 0.3) is 0 Å². The summed E-state index contributed by atoms with van der Waals surface area (Å²) in [5, 5.41) is 0. The minimum atomic E-state index is 0.435. The van der Waals surface area contributed by atoms with Gasteiger partial charge >= 0.3 is 0 Å². The molecule has 1 atom stereocenters. The average Bonchev–Trinajstić information content (AvgIpc) is 2.36. The largest absolute Gasteiger partial charge is 0.494 e. The maximum Gasteiger partial charge on any atom is 0.119 e. The first-order chi connectivity index (χ1) is 4.88. The van der Waals surface area contributed by atoms with Crippen LogP contribution in [0, 0.1) is 0 Å². The van der Waals surface area contributed by atoms with E-state index in [1.165, 1.54) is 30.4 Å². The van der Waals surface area contributed by atoms with Crippen LogP contribution in [0.1, 0.15) is 26.2 Å². The van der Waals surface area contributed by atoms with Gasteiger partial charge < -0.3 is 4.74 Å². The lowest BCUT2D eigenvalue weighted by atomic mass is 10.1. The highest BCUT2D eigenvalue weighted by molar-refractivity contribution is 5.30. The van der Waals surface area contributed by atoms with E-state index in [9.17, 15) is 0 Å². The van der Waals surface area contributed by atoms with Crippen LogP contribution in [-0.4, -0.2) is 6.10 Å². The predicted molar refractivity (Wildman–Crippen MR) is 40.6 cm³/mol. The van der Waals surface area contributed by atoms with Crippen molar-refractivity contribution in [3.05, 3.63) is 23.5 Å². The van der Waals surface area contributed by atoms with E-state index in [1.807, 2.05) is 6.26 Å². The van der Waals surface area contributed by atoms with Crippen molar-refractivity contribution in [3.63, 3.8) is 0 Å². The number of fused-ring (bicyclic) bond motifs is 1. The summed E-state index contributed by atoms with van der Waals surface area (Å²) >= 11 is 0. The molecule has 2 rings (SSSR count). The summed E-state index contributed by atoms with van der Waals surface area (Å²) < 4.78 is 5.43. The molecule has 1 saturated carbocycles. The number of ether oxygens (including phenoxy) is 1. The topological polar surface area (TPSA) is 9.23 Å². The third-order valence-electron chi connectivity index (χ3n) is 2.37. The molecule has 1 nitrogen and oxygen atoms in total. The van der Waals surface area contributed by atoms with Crippen LogP contribution in [0.4, 0.5) is 0 Å². The molecule has 1 aliphatic heterocycles. The molecule has 1 heterocycles. The molecule has 0 N–H and O–H groups in total. The smallest absolute Gasteiger partial charge is 0.119 e. The van der Waals surface area contributed by atoms with Gasteiger partial charge in [-0.1, -0.05) is 0 Å². The second-order valence-electron chi connectivity index (χ2n) is 3.03. The van der Waals surface area contributed by atoms with Gasteiger partial charge in [0.25, 0.3) is 0 Å². The molecule has 1 aliphatic carbocycles. The van der Waals surface area contributed by atoms with Crippen molar-refractivity contribution < 1.29 is 4.74 Å². The highest BCUT2D eigenvalue weighted by Crippen LogP contribution is 2.32. The summed E-state index contributed by atoms with van der Waals surface area (Å²) in [5.74, 6) is 0. The van der Waals surface area contributed by atoms with Crippen molar-refractivity contribution in [3.8, 4) is 0 Å². The van der Waals surface area contributed by atoms with Gasteiger partial charge in [-0.2, -0.15) is 0 Å². The minimum Gasteiger partial charge on any atom is -0.494 e. The first-order valence-corrected chi connectivity index (χ1v) is 3.89. The van der Waals surface area contributed by atoms with Crippen molar-refractivity contribution in [2.75, 3.05) is 0 Å². The molecule has 0 saturated heterocycles. The number of hydrogen-bond donors (Lipinski definition) is 0. The maximum absolute atomic E-state index is 5.43. The Kier molecular flexibility index (Phi) is 1.30. The van der Waals surface area contributed by atoms with Gasteiger partial charge in [0.15, 0.2) is 0 Å². The Balaban J connectivity index is 2.32. The summed E-state index contributed by atoms with van der Waals surface area (Å²) in [6.07, 6.45) is 8.10. The highest BCUT2D eigenvalue weighted by Gasteiger charge is 2.24. The van der Waals surface area contributed by atoms with E-state index in [0.29, 0.717) is 6.10 Å². The number of hydrogen-bond acceptors (Lipinski definition) is 1. The van der Waals surface area contributed by atoms with Crippen LogP contribution >= 0.6 is 0 Å². The summed E-state index contributed by atoms with van der Waals surface area (Å²) in [6, 6.07) is 0. The molecule has 0 amide bonds. The molecule has 1 heteroatoms. The van der Waals surface area contributed by atoms with Crippen molar-refractivity contribution >= 4 is 0 Å². The Morgan fingerprint density at radius 2 is 2.50 bits per heavy atom. The van der Waals surface area contributed by atoms with Crippen LogP contribution in [-0.2, 0) is 4.74 Å². The maximum atomic E-state index is 5.43. The number of allylic oxidation sites excluding steroid dienone is 2. The molecule has 0 bridgehead atoms. The summed E-state index contributed by atoms with van der Waals surface area (Å²) in [4.78, 5) is 0. The second kappa shape index (κ2) is 2.15. The zero-order valence-electron chi connectivity index (χ0n) is 6.26. The highest BCUT2D eigenvalue weighted by atomic mass is 16.5. The van der Waals surface area contributed by atoms with Crippen LogP contribution in [0.5, 0.6) is 0 Å². The fourth-order valence-electron chi connectivity index (χ4n) is 1.76. The van der Waals surface area contributed by atoms with E-state index in [4.69, 9.17) is 4.74 Å². The van der Waals surface area contributed by atoms with Gasteiger partial charge in [-0.05, 0) is 43.4 Å². The molecule has 10 heavy (non-hydrogen) atoms. The van der Waals surface area contributed by atoms with Crippen LogP contribution in [0.3, 0.4) is 0 Å². The molecule has 1 fully saturated rings. The normalized spacial score (nSPS) is 30.3. The van der Waals surface area contributed by atoms with Gasteiger partial charge in [0.2, 0.25) is 0 Å². The fraction of sp³-hybridized carbons (Fsp3) is 0.556. The third kappa shape index (κ3) is 0.772. The van der Waals surface area contributed by atoms with Gasteiger partial charge in [-0.15, -0.1) is 0 Å². The average molecular weight is 136 g/mol. The first-order valence-electron chi connectivity index (χ1n) is 3.89. The van der Waals surface area contributed by atoms with Crippen molar-refractivity contribution in [2.45, 2.75) is 32.3 Å². The number of rotatable bonds is 0. The molecular weight excluding hydrogens is 124 g/mol. The predicted octanol–water partition coefficient (Wildman–Crippen LogP) is 2.40. The summed E-state index contributed by atoms with van der Waals surface area (Å²) in [7, 11) is 0. The van der Waals surface area contributed by atoms with E-state index >= 15 is 0 Å². The van der Waals surface area contributed by atoms with Crippen LogP contribution in [0.2, 0.25) is 0 Å². The molecule has 54 valence electrons. The monoisotopic (exact) mass is 136 g/mol. The van der Waals surface area contributed by atoms with Crippen molar-refractivity contribution in [1.29, 1.82) is 0 Å². The molecular formula is C9H12O. The van der Waals surface area contributed by atoms with Crippen LogP contribution in [0.15, 0.2) is 23.5 Å². The SMILES string of the molecule is CC1=C2CCCC2OC=C1. The van der Waals surface area contributed by atoms with E-state index in [0.717, 1.165) is 0 Å². The zero-order chi connectivity index (χ0) is 6.97. The molecule has 0 radical (unpaired) electrons. The van der Waals surface area contributed by atoms with Crippen molar-refractivity contribution in [2.24, 2.45) is 0 Å². The summed E-state index contributed by atoms with van der Waals surface area (Å²) in [5.41, 5.74) is 2.95. The molecule has 0 aromatic heterocycles. The second-order valence-corrected chi connectivity index (χ2v) is 3.03. The summed E-state index contributed by atoms with van der Waals surface area (Å²) in [6.45, 7) is 2.17. The molecule has 0 aromatic rings. The van der Waals surface area contributed by atoms with E-state index < -0.39 is 0 Å². The Bertz CT molecular complexity index is 201. The first kappa shape index (κ1) is 6.02. The Hall–Kier alpha value is -0.720. The molecule has 2 aliphatic rings. The van der Waals surface area contributed by atoms with Crippen LogP contribution < -0.4 is 0 Å². The zero-order valence-corrected chi connectivity index (χ0v) is 6.26.